The molecule has 0 heterocycles. The van der Waals surface area contributed by atoms with E-state index in [0.29, 0.717) is 12.8 Å². The molecule has 2 unspecified atom stereocenters. The van der Waals surface area contributed by atoms with Crippen LogP contribution in [0.2, 0.25) is 0 Å². The first-order valence-electron chi connectivity index (χ1n) is 8.92. The molecule has 27 heavy (non-hydrogen) atoms. The molecule has 0 radical (unpaired) electrons. The average molecular weight is 388 g/mol. The third-order valence-corrected chi connectivity index (χ3v) is 4.78. The molecule has 0 saturated heterocycles. The predicted molar refractivity (Wildman–Crippen MR) is 93.9 cm³/mol. The SMILES string of the molecule is C=C(OO)N(CCC(=O)O)C1CCCCC1N(CCC(=O)O)CCC(=O)O. The summed E-state index contributed by atoms with van der Waals surface area (Å²) in [5.41, 5.74) is 0. The number of carboxylic acids is 3. The lowest BCUT2D eigenvalue weighted by molar-refractivity contribution is -0.229. The molecule has 0 aromatic carbocycles. The van der Waals surface area contributed by atoms with Gasteiger partial charge in [0, 0.05) is 31.7 Å². The zero-order chi connectivity index (χ0) is 20.4. The first-order chi connectivity index (χ1) is 12.8. The van der Waals surface area contributed by atoms with Crippen molar-refractivity contribution in [1.29, 1.82) is 0 Å². The standard InChI is InChI=1S/C17H28N2O8/c1-12(27-26)19(11-8-17(24)25)14-5-3-2-4-13(14)18(9-6-15(20)21)10-7-16(22)23/h13-14,26H,1-11H2,(H,20,21)(H,22,23)(H,24,25). The van der Waals surface area contributed by atoms with Crippen LogP contribution in [0.4, 0.5) is 0 Å². The molecule has 0 aliphatic heterocycles. The minimum atomic E-state index is -1.01. The molecular formula is C17H28N2O8. The summed E-state index contributed by atoms with van der Waals surface area (Å²) in [4.78, 5) is 40.6. The molecule has 10 heteroatoms. The number of carboxylic acid groups (broad SMARTS) is 3. The van der Waals surface area contributed by atoms with E-state index in [0.717, 1.165) is 12.8 Å². The Balaban J connectivity index is 3.02. The molecule has 0 amide bonds. The van der Waals surface area contributed by atoms with Crippen molar-refractivity contribution in [3.05, 3.63) is 12.5 Å². The number of hydrogen-bond donors (Lipinski definition) is 4. The van der Waals surface area contributed by atoms with E-state index in [4.69, 9.17) is 20.6 Å². The molecule has 10 nitrogen and oxygen atoms in total. The van der Waals surface area contributed by atoms with Crippen molar-refractivity contribution in [1.82, 2.24) is 9.80 Å². The third-order valence-electron chi connectivity index (χ3n) is 4.78. The summed E-state index contributed by atoms with van der Waals surface area (Å²) in [5.74, 6) is -3.04. The summed E-state index contributed by atoms with van der Waals surface area (Å²) in [5, 5.41) is 36.0. The molecule has 0 spiro atoms. The molecule has 4 N–H and O–H groups in total. The Labute approximate surface area is 157 Å². The van der Waals surface area contributed by atoms with Gasteiger partial charge in [0.2, 0.25) is 5.88 Å². The van der Waals surface area contributed by atoms with Crippen molar-refractivity contribution < 1.29 is 39.8 Å². The number of hydrogen-bond acceptors (Lipinski definition) is 7. The van der Waals surface area contributed by atoms with Crippen LogP contribution in [0.15, 0.2) is 12.5 Å². The van der Waals surface area contributed by atoms with Crippen molar-refractivity contribution >= 4 is 17.9 Å². The van der Waals surface area contributed by atoms with Crippen LogP contribution < -0.4 is 0 Å². The van der Waals surface area contributed by atoms with Crippen LogP contribution in [-0.4, -0.2) is 80.0 Å². The van der Waals surface area contributed by atoms with Crippen LogP contribution in [0.5, 0.6) is 0 Å². The highest BCUT2D eigenvalue weighted by molar-refractivity contribution is 5.67. The van der Waals surface area contributed by atoms with E-state index in [-0.39, 0.29) is 56.9 Å². The summed E-state index contributed by atoms with van der Waals surface area (Å²) in [6.45, 7) is 4.06. The average Bonchev–Trinajstić information content (AvgIpc) is 2.61. The van der Waals surface area contributed by atoms with Gasteiger partial charge in [-0.05, 0) is 19.4 Å². The molecule has 2 atom stereocenters. The van der Waals surface area contributed by atoms with Gasteiger partial charge in [-0.25, -0.2) is 5.26 Å². The molecule has 1 fully saturated rings. The smallest absolute Gasteiger partial charge is 0.305 e. The molecule has 154 valence electrons. The lowest BCUT2D eigenvalue weighted by atomic mass is 9.87. The Morgan fingerprint density at radius 3 is 1.74 bits per heavy atom. The van der Waals surface area contributed by atoms with E-state index < -0.39 is 17.9 Å². The quantitative estimate of drug-likeness (QED) is 0.207. The van der Waals surface area contributed by atoms with E-state index >= 15 is 0 Å². The Morgan fingerprint density at radius 1 is 0.852 bits per heavy atom. The van der Waals surface area contributed by atoms with Crippen LogP contribution in [-0.2, 0) is 19.3 Å². The zero-order valence-corrected chi connectivity index (χ0v) is 15.2. The minimum Gasteiger partial charge on any atom is -0.481 e. The van der Waals surface area contributed by atoms with Crippen molar-refractivity contribution in [3.63, 3.8) is 0 Å². The minimum absolute atomic E-state index is 0.0710. The number of aliphatic carboxylic acids is 3. The maximum absolute atomic E-state index is 11.0. The lowest BCUT2D eigenvalue weighted by Crippen LogP contribution is -2.54. The fourth-order valence-electron chi connectivity index (χ4n) is 3.55. The van der Waals surface area contributed by atoms with Gasteiger partial charge in [0.15, 0.2) is 0 Å². The summed E-state index contributed by atoms with van der Waals surface area (Å²) < 4.78 is 0. The molecule has 1 rings (SSSR count). The summed E-state index contributed by atoms with van der Waals surface area (Å²) in [6, 6.07) is -0.460. The van der Waals surface area contributed by atoms with Crippen LogP contribution in [0.1, 0.15) is 44.9 Å². The second kappa shape index (κ2) is 11.4. The highest BCUT2D eigenvalue weighted by Crippen LogP contribution is 2.30. The van der Waals surface area contributed by atoms with Gasteiger partial charge < -0.3 is 25.1 Å². The zero-order valence-electron chi connectivity index (χ0n) is 15.2. The highest BCUT2D eigenvalue weighted by Gasteiger charge is 2.35. The maximum Gasteiger partial charge on any atom is 0.305 e. The fourth-order valence-corrected chi connectivity index (χ4v) is 3.55. The molecule has 1 aliphatic carbocycles. The van der Waals surface area contributed by atoms with E-state index in [1.807, 2.05) is 4.90 Å². The summed E-state index contributed by atoms with van der Waals surface area (Å²) in [7, 11) is 0. The summed E-state index contributed by atoms with van der Waals surface area (Å²) >= 11 is 0. The number of carbonyl (C=O) groups is 3. The third kappa shape index (κ3) is 7.83. The lowest BCUT2D eigenvalue weighted by Gasteiger charge is -2.45. The molecule has 0 bridgehead atoms. The van der Waals surface area contributed by atoms with Crippen molar-refractivity contribution in [2.45, 2.75) is 57.0 Å². The Bertz CT molecular complexity index is 521. The van der Waals surface area contributed by atoms with Gasteiger partial charge in [0.1, 0.15) is 0 Å². The van der Waals surface area contributed by atoms with Gasteiger partial charge >= 0.3 is 17.9 Å². The van der Waals surface area contributed by atoms with E-state index in [2.05, 4.69) is 11.5 Å². The van der Waals surface area contributed by atoms with Crippen molar-refractivity contribution in [2.24, 2.45) is 0 Å². The second-order valence-corrected chi connectivity index (χ2v) is 6.56. The van der Waals surface area contributed by atoms with Crippen molar-refractivity contribution in [3.8, 4) is 0 Å². The normalized spacial score (nSPS) is 19.5. The first-order valence-corrected chi connectivity index (χ1v) is 8.92. The van der Waals surface area contributed by atoms with Crippen molar-refractivity contribution in [2.75, 3.05) is 19.6 Å². The van der Waals surface area contributed by atoms with Crippen LogP contribution >= 0.6 is 0 Å². The largest absolute Gasteiger partial charge is 0.481 e. The number of rotatable bonds is 13. The van der Waals surface area contributed by atoms with E-state index in [1.54, 1.807) is 4.90 Å². The maximum atomic E-state index is 11.0. The topological polar surface area (TPSA) is 148 Å². The molecule has 0 aromatic rings. The van der Waals surface area contributed by atoms with Crippen LogP contribution in [0.25, 0.3) is 0 Å². The molecule has 0 aromatic heterocycles. The van der Waals surface area contributed by atoms with Gasteiger partial charge in [0.05, 0.1) is 19.3 Å². The molecule has 1 aliphatic rings. The molecule has 1 saturated carbocycles. The van der Waals surface area contributed by atoms with Gasteiger partial charge in [-0.3, -0.25) is 19.3 Å². The Morgan fingerprint density at radius 2 is 1.30 bits per heavy atom. The van der Waals surface area contributed by atoms with E-state index in [1.165, 1.54) is 0 Å². The molecular weight excluding hydrogens is 360 g/mol. The number of nitrogens with zero attached hydrogens (tertiary/aromatic N) is 2. The first kappa shape index (κ1) is 22.7. The monoisotopic (exact) mass is 388 g/mol. The van der Waals surface area contributed by atoms with E-state index in [9.17, 15) is 14.4 Å². The van der Waals surface area contributed by atoms with Gasteiger partial charge in [-0.2, -0.15) is 0 Å². The van der Waals surface area contributed by atoms with Crippen LogP contribution in [0, 0.1) is 0 Å². The Kier molecular flexibility index (Phi) is 9.59. The predicted octanol–water partition coefficient (Wildman–Crippen LogP) is 1.29. The highest BCUT2D eigenvalue weighted by atomic mass is 17.1. The van der Waals surface area contributed by atoms with Crippen LogP contribution in [0.3, 0.4) is 0 Å². The fraction of sp³-hybridized carbons (Fsp3) is 0.706. The van der Waals surface area contributed by atoms with Gasteiger partial charge in [-0.15, -0.1) is 0 Å². The van der Waals surface area contributed by atoms with Gasteiger partial charge in [-0.1, -0.05) is 12.8 Å². The second-order valence-electron chi connectivity index (χ2n) is 6.56. The van der Waals surface area contributed by atoms with Gasteiger partial charge in [0.25, 0.3) is 0 Å². The Hall–Kier alpha value is -2.33. The summed E-state index contributed by atoms with van der Waals surface area (Å²) in [6.07, 6.45) is 2.68.